The van der Waals surface area contributed by atoms with Gasteiger partial charge in [-0.15, -0.1) is 0 Å². The number of furan rings is 1. The SMILES string of the molecule is Cc1ccc(N2CC[C@H]3C[C@H](C(=O)NCc4ccco4)O[C@@H]3C2)cc1. The lowest BCUT2D eigenvalue weighted by atomic mass is 9.91. The van der Waals surface area contributed by atoms with Crippen molar-refractivity contribution < 1.29 is 13.9 Å². The maximum atomic E-state index is 12.4. The van der Waals surface area contributed by atoms with Gasteiger partial charge < -0.3 is 19.4 Å². The Morgan fingerprint density at radius 3 is 2.88 bits per heavy atom. The Bertz CT molecular complexity index is 711. The highest BCUT2D eigenvalue weighted by molar-refractivity contribution is 5.81. The molecule has 1 amide bonds. The first-order valence-electron chi connectivity index (χ1n) is 8.96. The highest BCUT2D eigenvalue weighted by atomic mass is 16.5. The first kappa shape index (κ1) is 16.2. The van der Waals surface area contributed by atoms with Crippen molar-refractivity contribution in [2.45, 2.75) is 38.5 Å². The number of fused-ring (bicyclic) bond motifs is 1. The number of hydrogen-bond donors (Lipinski definition) is 1. The Labute approximate surface area is 148 Å². The molecule has 0 saturated carbocycles. The molecule has 0 bridgehead atoms. The van der Waals surface area contributed by atoms with Gasteiger partial charge in [0, 0.05) is 18.8 Å². The molecule has 4 rings (SSSR count). The predicted molar refractivity (Wildman–Crippen MR) is 95.3 cm³/mol. The molecule has 5 heteroatoms. The minimum atomic E-state index is -0.345. The van der Waals surface area contributed by atoms with Crippen LogP contribution in [-0.2, 0) is 16.1 Å². The molecule has 2 aliphatic rings. The molecule has 1 aromatic carbocycles. The molecule has 3 heterocycles. The van der Waals surface area contributed by atoms with Crippen molar-refractivity contribution in [2.75, 3.05) is 18.0 Å². The second kappa shape index (κ2) is 6.92. The minimum Gasteiger partial charge on any atom is -0.467 e. The highest BCUT2D eigenvalue weighted by Gasteiger charge is 2.41. The standard InChI is InChI=1S/C20H24N2O3/c1-14-4-6-16(7-5-14)22-9-8-15-11-18(25-19(15)13-22)20(23)21-12-17-3-2-10-24-17/h2-7,10,15,18-19H,8-9,11-13H2,1H3,(H,21,23)/t15-,18+,19+/m0/s1. The molecule has 132 valence electrons. The first-order valence-corrected chi connectivity index (χ1v) is 8.96. The molecule has 1 aromatic heterocycles. The van der Waals surface area contributed by atoms with E-state index in [1.54, 1.807) is 6.26 Å². The van der Waals surface area contributed by atoms with Gasteiger partial charge in [-0.25, -0.2) is 0 Å². The van der Waals surface area contributed by atoms with Crippen LogP contribution in [0.5, 0.6) is 0 Å². The molecule has 0 radical (unpaired) electrons. The largest absolute Gasteiger partial charge is 0.467 e. The van der Waals surface area contributed by atoms with Gasteiger partial charge in [-0.05, 0) is 49.9 Å². The van der Waals surface area contributed by atoms with Crippen molar-refractivity contribution in [1.82, 2.24) is 5.32 Å². The van der Waals surface area contributed by atoms with Crippen LogP contribution in [0.2, 0.25) is 0 Å². The molecular weight excluding hydrogens is 316 g/mol. The Balaban J connectivity index is 1.33. The Hall–Kier alpha value is -2.27. The minimum absolute atomic E-state index is 0.0346. The maximum absolute atomic E-state index is 12.4. The van der Waals surface area contributed by atoms with Crippen molar-refractivity contribution in [1.29, 1.82) is 0 Å². The number of benzene rings is 1. The number of hydrogen-bond acceptors (Lipinski definition) is 4. The number of piperidine rings is 1. The van der Waals surface area contributed by atoms with Crippen LogP contribution in [0.1, 0.15) is 24.2 Å². The Kier molecular flexibility index (Phi) is 4.49. The molecule has 5 nitrogen and oxygen atoms in total. The summed E-state index contributed by atoms with van der Waals surface area (Å²) in [5.41, 5.74) is 2.50. The van der Waals surface area contributed by atoms with E-state index >= 15 is 0 Å². The summed E-state index contributed by atoms with van der Waals surface area (Å²) in [5.74, 6) is 1.20. The van der Waals surface area contributed by atoms with Gasteiger partial charge >= 0.3 is 0 Å². The van der Waals surface area contributed by atoms with Crippen molar-refractivity contribution >= 4 is 11.6 Å². The third kappa shape index (κ3) is 3.56. The summed E-state index contributed by atoms with van der Waals surface area (Å²) < 4.78 is 11.3. The smallest absolute Gasteiger partial charge is 0.249 e. The van der Waals surface area contributed by atoms with Gasteiger partial charge in [0.05, 0.1) is 18.9 Å². The average molecular weight is 340 g/mol. The number of carbonyl (C=O) groups is 1. The zero-order valence-corrected chi connectivity index (χ0v) is 14.5. The van der Waals surface area contributed by atoms with Crippen LogP contribution < -0.4 is 10.2 Å². The number of ether oxygens (including phenoxy) is 1. The number of aryl methyl sites for hydroxylation is 1. The molecule has 2 saturated heterocycles. The van der Waals surface area contributed by atoms with Crippen molar-refractivity contribution in [3.05, 3.63) is 54.0 Å². The van der Waals surface area contributed by atoms with Crippen LogP contribution in [0.15, 0.2) is 47.1 Å². The van der Waals surface area contributed by atoms with E-state index in [4.69, 9.17) is 9.15 Å². The second-order valence-corrected chi connectivity index (χ2v) is 7.03. The zero-order valence-electron chi connectivity index (χ0n) is 14.5. The van der Waals surface area contributed by atoms with Gasteiger partial charge in [-0.3, -0.25) is 4.79 Å². The number of nitrogens with zero attached hydrogens (tertiary/aromatic N) is 1. The number of rotatable bonds is 4. The fourth-order valence-electron chi connectivity index (χ4n) is 3.79. The van der Waals surface area contributed by atoms with Crippen LogP contribution in [0.4, 0.5) is 5.69 Å². The lowest BCUT2D eigenvalue weighted by Gasteiger charge is -2.35. The van der Waals surface area contributed by atoms with E-state index in [0.29, 0.717) is 12.5 Å². The molecule has 0 aliphatic carbocycles. The van der Waals surface area contributed by atoms with Crippen LogP contribution in [-0.4, -0.2) is 31.2 Å². The molecular formula is C20H24N2O3. The van der Waals surface area contributed by atoms with Crippen LogP contribution in [0.3, 0.4) is 0 Å². The third-order valence-corrected chi connectivity index (χ3v) is 5.26. The average Bonchev–Trinajstić information content (AvgIpc) is 3.29. The van der Waals surface area contributed by atoms with Gasteiger partial charge in [0.2, 0.25) is 5.91 Å². The molecule has 3 atom stereocenters. The van der Waals surface area contributed by atoms with Crippen LogP contribution in [0, 0.1) is 12.8 Å². The number of amides is 1. The predicted octanol–water partition coefficient (Wildman–Crippen LogP) is 2.89. The second-order valence-electron chi connectivity index (χ2n) is 7.03. The summed E-state index contributed by atoms with van der Waals surface area (Å²) in [4.78, 5) is 14.7. The fourth-order valence-corrected chi connectivity index (χ4v) is 3.79. The van der Waals surface area contributed by atoms with Gasteiger partial charge in [0.1, 0.15) is 11.9 Å². The summed E-state index contributed by atoms with van der Waals surface area (Å²) in [7, 11) is 0. The van der Waals surface area contributed by atoms with E-state index in [1.807, 2.05) is 12.1 Å². The first-order chi connectivity index (χ1) is 12.2. The summed E-state index contributed by atoms with van der Waals surface area (Å²) >= 11 is 0. The molecule has 2 aliphatic heterocycles. The summed E-state index contributed by atoms with van der Waals surface area (Å²) in [5, 5.41) is 2.91. The molecule has 0 spiro atoms. The van der Waals surface area contributed by atoms with Crippen molar-refractivity contribution in [3.8, 4) is 0 Å². The lowest BCUT2D eigenvalue weighted by molar-refractivity contribution is -0.132. The number of nitrogens with one attached hydrogen (secondary N) is 1. The Morgan fingerprint density at radius 2 is 2.12 bits per heavy atom. The maximum Gasteiger partial charge on any atom is 0.249 e. The van der Waals surface area contributed by atoms with E-state index in [1.165, 1.54) is 11.3 Å². The molecule has 2 aromatic rings. The number of carbonyl (C=O) groups excluding carboxylic acids is 1. The zero-order chi connectivity index (χ0) is 17.2. The normalized spacial score (nSPS) is 25.6. The van der Waals surface area contributed by atoms with Gasteiger partial charge in [-0.1, -0.05) is 17.7 Å². The van der Waals surface area contributed by atoms with Crippen LogP contribution in [0.25, 0.3) is 0 Å². The third-order valence-electron chi connectivity index (χ3n) is 5.26. The van der Waals surface area contributed by atoms with E-state index < -0.39 is 0 Å². The lowest BCUT2D eigenvalue weighted by Crippen LogP contribution is -2.42. The topological polar surface area (TPSA) is 54.7 Å². The molecule has 0 unspecified atom stereocenters. The fraction of sp³-hybridized carbons (Fsp3) is 0.450. The molecule has 25 heavy (non-hydrogen) atoms. The number of anilines is 1. The van der Waals surface area contributed by atoms with Gasteiger partial charge in [-0.2, -0.15) is 0 Å². The van der Waals surface area contributed by atoms with Gasteiger partial charge in [0.15, 0.2) is 0 Å². The summed E-state index contributed by atoms with van der Waals surface area (Å²) in [6.07, 6.45) is 3.29. The van der Waals surface area contributed by atoms with E-state index in [-0.39, 0.29) is 18.1 Å². The van der Waals surface area contributed by atoms with Crippen LogP contribution >= 0.6 is 0 Å². The van der Waals surface area contributed by atoms with E-state index in [2.05, 4.69) is 41.4 Å². The van der Waals surface area contributed by atoms with E-state index in [9.17, 15) is 4.79 Å². The summed E-state index contributed by atoms with van der Waals surface area (Å²) in [6, 6.07) is 12.3. The monoisotopic (exact) mass is 340 g/mol. The Morgan fingerprint density at radius 1 is 1.28 bits per heavy atom. The van der Waals surface area contributed by atoms with Crippen molar-refractivity contribution in [2.24, 2.45) is 5.92 Å². The molecule has 2 fully saturated rings. The van der Waals surface area contributed by atoms with Gasteiger partial charge in [0.25, 0.3) is 0 Å². The van der Waals surface area contributed by atoms with E-state index in [0.717, 1.165) is 31.7 Å². The quantitative estimate of drug-likeness (QED) is 0.930. The molecule has 1 N–H and O–H groups in total. The van der Waals surface area contributed by atoms with Crippen molar-refractivity contribution in [3.63, 3.8) is 0 Å². The summed E-state index contributed by atoms with van der Waals surface area (Å²) in [6.45, 7) is 4.39. The highest BCUT2D eigenvalue weighted by Crippen LogP contribution is 2.35.